The van der Waals surface area contributed by atoms with Crippen molar-refractivity contribution in [1.29, 1.82) is 0 Å². The molecule has 1 fully saturated rings. The van der Waals surface area contributed by atoms with Crippen LogP contribution < -0.4 is 0 Å². The fourth-order valence-corrected chi connectivity index (χ4v) is 3.98. The van der Waals surface area contributed by atoms with Crippen LogP contribution in [0.3, 0.4) is 0 Å². The Morgan fingerprint density at radius 3 is 1.90 bits per heavy atom. The molecule has 4 nitrogen and oxygen atoms in total. The van der Waals surface area contributed by atoms with Gasteiger partial charge in [-0.25, -0.2) is 0 Å². The summed E-state index contributed by atoms with van der Waals surface area (Å²) in [5, 5.41) is 0. The zero-order chi connectivity index (χ0) is 7.45. The van der Waals surface area contributed by atoms with Gasteiger partial charge in [0.2, 0.25) is 0 Å². The van der Waals surface area contributed by atoms with Crippen LogP contribution in [0.1, 0.15) is 6.42 Å². The fourth-order valence-electron chi connectivity index (χ4n) is 0.814. The van der Waals surface area contributed by atoms with E-state index < -0.39 is 14.6 Å². The quantitative estimate of drug-likeness (QED) is 0.606. The average molecular weight is 209 g/mol. The van der Waals surface area contributed by atoms with Crippen LogP contribution in [0, 0.1) is 0 Å². The number of rotatable bonds is 2. The van der Waals surface area contributed by atoms with Crippen molar-refractivity contribution in [1.82, 2.24) is 0 Å². The standard InChI is InChI=1S/C5H12GeO4/c1-7-6(8-2)9-4-3-5-10-6/h3-5H2,1-2H3. The zero-order valence-electron chi connectivity index (χ0n) is 6.25. The van der Waals surface area contributed by atoms with Crippen molar-refractivity contribution in [3.63, 3.8) is 0 Å². The third kappa shape index (κ3) is 1.70. The summed E-state index contributed by atoms with van der Waals surface area (Å²) >= 11 is -3.12. The predicted molar refractivity (Wildman–Crippen MR) is 36.3 cm³/mol. The van der Waals surface area contributed by atoms with Gasteiger partial charge in [0.15, 0.2) is 0 Å². The van der Waals surface area contributed by atoms with Gasteiger partial charge in [-0.15, -0.1) is 0 Å². The van der Waals surface area contributed by atoms with Crippen LogP contribution in [0.25, 0.3) is 0 Å². The van der Waals surface area contributed by atoms with E-state index in [0.717, 1.165) is 6.42 Å². The predicted octanol–water partition coefficient (Wildman–Crippen LogP) is 0.152. The molecule has 10 heavy (non-hydrogen) atoms. The van der Waals surface area contributed by atoms with Gasteiger partial charge in [-0.3, -0.25) is 0 Å². The maximum absolute atomic E-state index is 5.28. The first-order chi connectivity index (χ1) is 4.83. The molecule has 0 unspecified atom stereocenters. The molecular weight excluding hydrogens is 197 g/mol. The Morgan fingerprint density at radius 1 is 1.10 bits per heavy atom. The van der Waals surface area contributed by atoms with E-state index in [-0.39, 0.29) is 0 Å². The van der Waals surface area contributed by atoms with Gasteiger partial charge in [0.1, 0.15) is 0 Å². The van der Waals surface area contributed by atoms with Crippen LogP contribution in [0.4, 0.5) is 0 Å². The molecule has 1 rings (SSSR count). The molecule has 1 aliphatic rings. The topological polar surface area (TPSA) is 36.9 Å². The van der Waals surface area contributed by atoms with E-state index in [1.54, 1.807) is 14.2 Å². The zero-order valence-corrected chi connectivity index (χ0v) is 8.35. The minimum atomic E-state index is -3.12. The molecular formula is C5H12GeO4. The van der Waals surface area contributed by atoms with E-state index in [2.05, 4.69) is 0 Å². The average Bonchev–Trinajstić information content (AvgIpc) is 2.06. The molecule has 1 heterocycles. The Kier molecular flexibility index (Phi) is 3.12. The summed E-state index contributed by atoms with van der Waals surface area (Å²) in [5.74, 6) is 0. The van der Waals surface area contributed by atoms with Crippen LogP contribution in [0.2, 0.25) is 0 Å². The Morgan fingerprint density at radius 2 is 1.60 bits per heavy atom. The van der Waals surface area contributed by atoms with Gasteiger partial charge in [-0.05, 0) is 0 Å². The van der Waals surface area contributed by atoms with E-state index in [1.807, 2.05) is 0 Å². The molecule has 1 aliphatic heterocycles. The minimum absolute atomic E-state index is 0.696. The molecule has 0 atom stereocenters. The van der Waals surface area contributed by atoms with Gasteiger partial charge in [-0.1, -0.05) is 0 Å². The van der Waals surface area contributed by atoms with E-state index in [1.165, 1.54) is 0 Å². The second-order valence-electron chi connectivity index (χ2n) is 1.96. The summed E-state index contributed by atoms with van der Waals surface area (Å²) in [6, 6.07) is 0. The molecule has 0 aromatic heterocycles. The Bertz CT molecular complexity index is 95.8. The molecule has 0 saturated carbocycles. The van der Waals surface area contributed by atoms with Crippen LogP contribution >= 0.6 is 0 Å². The summed E-state index contributed by atoms with van der Waals surface area (Å²) < 4.78 is 20.7. The molecule has 1 saturated heterocycles. The summed E-state index contributed by atoms with van der Waals surface area (Å²) in [6.07, 6.45) is 0.930. The van der Waals surface area contributed by atoms with Crippen molar-refractivity contribution in [3.8, 4) is 0 Å². The Hall–Kier alpha value is 0.383. The first-order valence-electron chi connectivity index (χ1n) is 3.21. The molecule has 60 valence electrons. The van der Waals surface area contributed by atoms with E-state index in [0.29, 0.717) is 13.2 Å². The van der Waals surface area contributed by atoms with Crippen molar-refractivity contribution in [2.75, 3.05) is 27.4 Å². The van der Waals surface area contributed by atoms with E-state index in [4.69, 9.17) is 15.1 Å². The van der Waals surface area contributed by atoms with Crippen molar-refractivity contribution >= 4 is 14.6 Å². The van der Waals surface area contributed by atoms with Crippen molar-refractivity contribution in [2.24, 2.45) is 0 Å². The molecule has 0 aliphatic carbocycles. The molecule has 0 N–H and O–H groups in total. The second kappa shape index (κ2) is 3.68. The third-order valence-corrected chi connectivity index (χ3v) is 5.78. The SMILES string of the molecule is C[O][Ge]1([O]C)[O]CCC[O]1. The molecule has 0 aromatic rings. The Labute approximate surface area is 64.1 Å². The third-order valence-electron chi connectivity index (χ3n) is 1.35. The number of hydrogen-bond donors (Lipinski definition) is 0. The molecule has 0 radical (unpaired) electrons. The van der Waals surface area contributed by atoms with Crippen molar-refractivity contribution in [2.45, 2.75) is 6.42 Å². The molecule has 0 aromatic carbocycles. The summed E-state index contributed by atoms with van der Waals surface area (Å²) in [4.78, 5) is 0. The molecule has 0 amide bonds. The van der Waals surface area contributed by atoms with Crippen LogP contribution in [0.15, 0.2) is 0 Å². The number of hydrogen-bond acceptors (Lipinski definition) is 4. The van der Waals surface area contributed by atoms with E-state index in [9.17, 15) is 0 Å². The van der Waals surface area contributed by atoms with Crippen molar-refractivity contribution in [3.05, 3.63) is 0 Å². The van der Waals surface area contributed by atoms with Crippen LogP contribution in [0.5, 0.6) is 0 Å². The van der Waals surface area contributed by atoms with Gasteiger partial charge in [0.25, 0.3) is 0 Å². The maximum atomic E-state index is 5.28. The summed E-state index contributed by atoms with van der Waals surface area (Å²) in [5.41, 5.74) is 0. The van der Waals surface area contributed by atoms with Crippen LogP contribution in [-0.2, 0) is 15.1 Å². The van der Waals surface area contributed by atoms with E-state index >= 15 is 0 Å². The first kappa shape index (κ1) is 8.48. The normalized spacial score (nSPS) is 24.6. The first-order valence-corrected chi connectivity index (χ1v) is 6.64. The van der Waals surface area contributed by atoms with Crippen LogP contribution in [-0.4, -0.2) is 42.0 Å². The second-order valence-corrected chi connectivity index (χ2v) is 6.98. The summed E-state index contributed by atoms with van der Waals surface area (Å²) in [7, 11) is 3.13. The van der Waals surface area contributed by atoms with Gasteiger partial charge in [-0.2, -0.15) is 0 Å². The summed E-state index contributed by atoms with van der Waals surface area (Å²) in [6.45, 7) is 1.39. The van der Waals surface area contributed by atoms with Gasteiger partial charge in [0.05, 0.1) is 0 Å². The molecule has 0 spiro atoms. The van der Waals surface area contributed by atoms with Gasteiger partial charge >= 0.3 is 63.5 Å². The van der Waals surface area contributed by atoms with Gasteiger partial charge in [0, 0.05) is 0 Å². The monoisotopic (exact) mass is 210 g/mol. The van der Waals surface area contributed by atoms with Gasteiger partial charge < -0.3 is 0 Å². The molecule has 0 bridgehead atoms. The Balaban J connectivity index is 2.44. The van der Waals surface area contributed by atoms with Crippen molar-refractivity contribution < 1.29 is 15.1 Å². The molecule has 5 heteroatoms. The fraction of sp³-hybridized carbons (Fsp3) is 1.00.